The summed E-state index contributed by atoms with van der Waals surface area (Å²) in [5, 5.41) is 3.56. The van der Waals surface area contributed by atoms with Crippen LogP contribution in [0.25, 0.3) is 0 Å². The third-order valence-electron chi connectivity index (χ3n) is 3.15. The largest absolute Gasteiger partial charge is 0.494 e. The Balaban J connectivity index is 2.16. The van der Waals surface area contributed by atoms with Crippen LogP contribution >= 0.6 is 11.6 Å². The number of anilines is 1. The van der Waals surface area contributed by atoms with E-state index in [1.54, 1.807) is 0 Å². The quantitative estimate of drug-likeness (QED) is 0.855. The topological polar surface area (TPSA) is 77.2 Å². The minimum atomic E-state index is -0.557. The number of pyridine rings is 1. The summed E-state index contributed by atoms with van der Waals surface area (Å²) in [4.78, 5) is 15.2. The molecule has 0 fully saturated rings. The zero-order valence-corrected chi connectivity index (χ0v) is 13.2. The van der Waals surface area contributed by atoms with Gasteiger partial charge in [0, 0.05) is 6.20 Å². The molecular formula is C16H18ClN3O2. The molecule has 5 nitrogen and oxygen atoms in total. The summed E-state index contributed by atoms with van der Waals surface area (Å²) in [6, 6.07) is 9.28. The number of hydrogen-bond acceptors (Lipinski definition) is 4. The fourth-order valence-corrected chi connectivity index (χ4v) is 2.23. The van der Waals surface area contributed by atoms with Crippen molar-refractivity contribution in [2.75, 3.05) is 11.9 Å². The molecule has 0 radical (unpaired) electrons. The molecule has 0 spiro atoms. The highest BCUT2D eigenvalue weighted by Crippen LogP contribution is 2.26. The van der Waals surface area contributed by atoms with Gasteiger partial charge >= 0.3 is 0 Å². The lowest BCUT2D eigenvalue weighted by atomic mass is 10.1. The van der Waals surface area contributed by atoms with Gasteiger partial charge in [0.25, 0.3) is 0 Å². The Labute approximate surface area is 134 Å². The van der Waals surface area contributed by atoms with E-state index in [-0.39, 0.29) is 11.6 Å². The summed E-state index contributed by atoms with van der Waals surface area (Å²) in [7, 11) is 0. The summed E-state index contributed by atoms with van der Waals surface area (Å²) >= 11 is 6.13. The zero-order chi connectivity index (χ0) is 16.1. The van der Waals surface area contributed by atoms with Crippen molar-refractivity contribution in [3.63, 3.8) is 0 Å². The van der Waals surface area contributed by atoms with Crippen molar-refractivity contribution < 1.29 is 9.53 Å². The molecule has 1 aromatic carbocycles. The first kappa shape index (κ1) is 16.1. The number of ether oxygens (including phenoxy) is 1. The van der Waals surface area contributed by atoms with Gasteiger partial charge in [-0.3, -0.25) is 4.79 Å². The Morgan fingerprint density at radius 3 is 2.86 bits per heavy atom. The summed E-state index contributed by atoms with van der Waals surface area (Å²) in [5.41, 5.74) is 6.52. The second kappa shape index (κ2) is 7.13. The van der Waals surface area contributed by atoms with Gasteiger partial charge in [0.15, 0.2) is 0 Å². The first-order valence-electron chi connectivity index (χ1n) is 6.96. The van der Waals surface area contributed by atoms with Crippen molar-refractivity contribution in [1.82, 2.24) is 4.98 Å². The Bertz CT molecular complexity index is 676. The van der Waals surface area contributed by atoms with Crippen molar-refractivity contribution >= 4 is 23.3 Å². The molecule has 2 aromatic rings. The Hall–Kier alpha value is -2.27. The maximum Gasteiger partial charge on any atom is 0.250 e. The maximum atomic E-state index is 11.1. The highest BCUT2D eigenvalue weighted by molar-refractivity contribution is 6.33. The number of rotatable bonds is 6. The number of carbonyl (C=O) groups excluding carboxylic acids is 1. The molecule has 3 N–H and O–H groups in total. The molecule has 0 bridgehead atoms. The van der Waals surface area contributed by atoms with Crippen LogP contribution in [0.1, 0.15) is 35.8 Å². The van der Waals surface area contributed by atoms with Crippen LogP contribution in [0.4, 0.5) is 5.82 Å². The van der Waals surface area contributed by atoms with Crippen LogP contribution in [0, 0.1) is 0 Å². The Morgan fingerprint density at radius 1 is 1.45 bits per heavy atom. The van der Waals surface area contributed by atoms with E-state index < -0.39 is 5.91 Å². The van der Waals surface area contributed by atoms with Crippen LogP contribution < -0.4 is 15.8 Å². The number of nitrogens with one attached hydrogen (secondary N) is 1. The van der Waals surface area contributed by atoms with E-state index >= 15 is 0 Å². The molecule has 0 saturated heterocycles. The minimum absolute atomic E-state index is 0.0233. The van der Waals surface area contributed by atoms with Crippen molar-refractivity contribution in [2.24, 2.45) is 5.73 Å². The fourth-order valence-electron chi connectivity index (χ4n) is 2.01. The first-order chi connectivity index (χ1) is 10.5. The third-order valence-corrected chi connectivity index (χ3v) is 3.44. The highest BCUT2D eigenvalue weighted by Gasteiger charge is 2.11. The standard InChI is InChI=1S/C16H18ClN3O2/c1-3-22-13-6-4-5-11(7-13)10(2)20-16-14(17)8-12(9-19-16)15(18)21/h4-10H,3H2,1-2H3,(H2,18,21)(H,19,20). The number of hydrogen-bond donors (Lipinski definition) is 2. The van der Waals surface area contributed by atoms with Crippen molar-refractivity contribution in [2.45, 2.75) is 19.9 Å². The van der Waals surface area contributed by atoms with Gasteiger partial charge < -0.3 is 15.8 Å². The van der Waals surface area contributed by atoms with Crippen LogP contribution in [0.2, 0.25) is 5.02 Å². The number of nitrogens with zero attached hydrogens (tertiary/aromatic N) is 1. The van der Waals surface area contributed by atoms with Gasteiger partial charge in [-0.25, -0.2) is 4.98 Å². The zero-order valence-electron chi connectivity index (χ0n) is 12.5. The predicted molar refractivity (Wildman–Crippen MR) is 87.4 cm³/mol. The molecule has 0 saturated carbocycles. The first-order valence-corrected chi connectivity index (χ1v) is 7.33. The van der Waals surface area contributed by atoms with Gasteiger partial charge in [0.05, 0.1) is 23.2 Å². The number of carbonyl (C=O) groups is 1. The van der Waals surface area contributed by atoms with E-state index in [4.69, 9.17) is 22.1 Å². The molecule has 1 aromatic heterocycles. The van der Waals surface area contributed by atoms with E-state index in [0.29, 0.717) is 17.4 Å². The van der Waals surface area contributed by atoms with Gasteiger partial charge in [0.2, 0.25) is 5.91 Å². The van der Waals surface area contributed by atoms with E-state index in [0.717, 1.165) is 11.3 Å². The van der Waals surface area contributed by atoms with Gasteiger partial charge in [-0.2, -0.15) is 0 Å². The van der Waals surface area contributed by atoms with E-state index in [1.807, 2.05) is 38.1 Å². The fraction of sp³-hybridized carbons (Fsp3) is 0.250. The second-order valence-electron chi connectivity index (χ2n) is 4.79. The predicted octanol–water partition coefficient (Wildman–Crippen LogP) is 3.41. The number of halogens is 1. The SMILES string of the molecule is CCOc1cccc(C(C)Nc2ncc(C(N)=O)cc2Cl)c1. The lowest BCUT2D eigenvalue weighted by Gasteiger charge is -2.17. The molecule has 1 atom stereocenters. The normalized spacial score (nSPS) is 11.8. The van der Waals surface area contributed by atoms with Crippen LogP contribution in [0.3, 0.4) is 0 Å². The lowest BCUT2D eigenvalue weighted by molar-refractivity contribution is 0.1000. The lowest BCUT2D eigenvalue weighted by Crippen LogP contribution is -2.13. The molecule has 22 heavy (non-hydrogen) atoms. The third kappa shape index (κ3) is 3.89. The average molecular weight is 320 g/mol. The second-order valence-corrected chi connectivity index (χ2v) is 5.20. The number of aromatic nitrogens is 1. The van der Waals surface area contributed by atoms with E-state index in [2.05, 4.69) is 10.3 Å². The molecule has 0 aliphatic carbocycles. The number of amides is 1. The van der Waals surface area contributed by atoms with Crippen molar-refractivity contribution in [3.05, 3.63) is 52.7 Å². The molecule has 1 heterocycles. The van der Waals surface area contributed by atoms with Crippen LogP contribution in [-0.4, -0.2) is 17.5 Å². The summed E-state index contributed by atoms with van der Waals surface area (Å²) in [5.74, 6) is 0.760. The number of benzene rings is 1. The van der Waals surface area contributed by atoms with Gasteiger partial charge in [-0.1, -0.05) is 23.7 Å². The molecule has 116 valence electrons. The van der Waals surface area contributed by atoms with Gasteiger partial charge in [-0.05, 0) is 37.6 Å². The van der Waals surface area contributed by atoms with Crippen LogP contribution in [0.5, 0.6) is 5.75 Å². The summed E-state index contributed by atoms with van der Waals surface area (Å²) < 4.78 is 5.49. The molecule has 1 amide bonds. The maximum absolute atomic E-state index is 11.1. The average Bonchev–Trinajstić information content (AvgIpc) is 2.49. The van der Waals surface area contributed by atoms with Crippen molar-refractivity contribution in [1.29, 1.82) is 0 Å². The Morgan fingerprint density at radius 2 is 2.23 bits per heavy atom. The molecular weight excluding hydrogens is 302 g/mol. The van der Waals surface area contributed by atoms with E-state index in [1.165, 1.54) is 12.3 Å². The monoisotopic (exact) mass is 319 g/mol. The minimum Gasteiger partial charge on any atom is -0.494 e. The van der Waals surface area contributed by atoms with Crippen LogP contribution in [-0.2, 0) is 0 Å². The van der Waals surface area contributed by atoms with Gasteiger partial charge in [0.1, 0.15) is 11.6 Å². The smallest absolute Gasteiger partial charge is 0.250 e. The van der Waals surface area contributed by atoms with E-state index in [9.17, 15) is 4.79 Å². The van der Waals surface area contributed by atoms with Gasteiger partial charge in [-0.15, -0.1) is 0 Å². The number of nitrogens with two attached hydrogens (primary N) is 1. The molecule has 0 aliphatic rings. The summed E-state index contributed by atoms with van der Waals surface area (Å²) in [6.07, 6.45) is 1.40. The molecule has 0 aliphatic heterocycles. The molecule has 6 heteroatoms. The Kier molecular flexibility index (Phi) is 5.22. The summed E-state index contributed by atoms with van der Waals surface area (Å²) in [6.45, 7) is 4.55. The molecule has 2 rings (SSSR count). The van der Waals surface area contributed by atoms with Crippen LogP contribution in [0.15, 0.2) is 36.5 Å². The highest BCUT2D eigenvalue weighted by atomic mass is 35.5. The number of primary amides is 1. The molecule has 1 unspecified atom stereocenters. The van der Waals surface area contributed by atoms with Crippen molar-refractivity contribution in [3.8, 4) is 5.75 Å².